The molecule has 2 aromatic rings. The van der Waals surface area contributed by atoms with Gasteiger partial charge in [-0.25, -0.2) is 4.98 Å². The van der Waals surface area contributed by atoms with Crippen LogP contribution < -0.4 is 10.6 Å². The van der Waals surface area contributed by atoms with Gasteiger partial charge in [-0.05, 0) is 18.2 Å². The van der Waals surface area contributed by atoms with Crippen molar-refractivity contribution in [2.75, 3.05) is 17.7 Å². The van der Waals surface area contributed by atoms with Crippen LogP contribution in [-0.4, -0.2) is 12.0 Å². The van der Waals surface area contributed by atoms with Crippen molar-refractivity contribution in [1.29, 1.82) is 0 Å². The standard InChI is InChI=1S/C12H12F3N3O/c1-18(7-8-3-2-4-19-8)10-5-11(12(13,14)15)17-6-9(10)16/h2-6H,7,16H2,1H3. The highest BCUT2D eigenvalue weighted by Crippen LogP contribution is 2.32. The molecule has 0 aliphatic rings. The minimum atomic E-state index is -4.49. The van der Waals surface area contributed by atoms with Crippen molar-refractivity contribution in [3.63, 3.8) is 0 Å². The van der Waals surface area contributed by atoms with Crippen molar-refractivity contribution in [3.05, 3.63) is 42.1 Å². The van der Waals surface area contributed by atoms with Crippen LogP contribution in [0.1, 0.15) is 11.5 Å². The molecule has 0 fully saturated rings. The molecule has 0 unspecified atom stereocenters. The first kappa shape index (κ1) is 13.3. The molecule has 0 radical (unpaired) electrons. The summed E-state index contributed by atoms with van der Waals surface area (Å²) in [6.07, 6.45) is -1.98. The molecule has 0 saturated heterocycles. The van der Waals surface area contributed by atoms with E-state index in [1.807, 2.05) is 0 Å². The number of anilines is 2. The molecule has 2 aromatic heterocycles. The highest BCUT2D eigenvalue weighted by Gasteiger charge is 2.33. The average molecular weight is 271 g/mol. The summed E-state index contributed by atoms with van der Waals surface area (Å²) >= 11 is 0. The first-order chi connectivity index (χ1) is 8.88. The zero-order valence-corrected chi connectivity index (χ0v) is 10.1. The third kappa shape index (κ3) is 2.98. The monoisotopic (exact) mass is 271 g/mol. The summed E-state index contributed by atoms with van der Waals surface area (Å²) in [5, 5.41) is 0. The van der Waals surface area contributed by atoms with Crippen LogP contribution >= 0.6 is 0 Å². The summed E-state index contributed by atoms with van der Waals surface area (Å²) in [5.74, 6) is 0.632. The van der Waals surface area contributed by atoms with E-state index in [0.717, 1.165) is 12.3 Å². The van der Waals surface area contributed by atoms with Crippen LogP contribution in [0, 0.1) is 0 Å². The van der Waals surface area contributed by atoms with Crippen molar-refractivity contribution in [2.45, 2.75) is 12.7 Å². The van der Waals surface area contributed by atoms with Crippen LogP contribution in [0.5, 0.6) is 0 Å². The zero-order chi connectivity index (χ0) is 14.0. The van der Waals surface area contributed by atoms with Crippen LogP contribution in [0.25, 0.3) is 0 Å². The van der Waals surface area contributed by atoms with Gasteiger partial charge in [0.2, 0.25) is 0 Å². The van der Waals surface area contributed by atoms with Crippen LogP contribution in [0.4, 0.5) is 24.5 Å². The van der Waals surface area contributed by atoms with Gasteiger partial charge in [0.15, 0.2) is 0 Å². The Morgan fingerprint density at radius 3 is 2.74 bits per heavy atom. The van der Waals surface area contributed by atoms with Gasteiger partial charge in [0.05, 0.1) is 30.4 Å². The number of nitrogen functional groups attached to an aromatic ring is 1. The molecular formula is C12H12F3N3O. The number of pyridine rings is 1. The summed E-state index contributed by atoms with van der Waals surface area (Å²) in [4.78, 5) is 4.86. The quantitative estimate of drug-likeness (QED) is 0.932. The van der Waals surface area contributed by atoms with Crippen molar-refractivity contribution >= 4 is 11.4 Å². The number of halogens is 3. The fourth-order valence-electron chi connectivity index (χ4n) is 1.66. The second-order valence-electron chi connectivity index (χ2n) is 4.06. The SMILES string of the molecule is CN(Cc1ccco1)c1cc(C(F)(F)F)ncc1N. The van der Waals surface area contributed by atoms with E-state index in [2.05, 4.69) is 4.98 Å². The first-order valence-electron chi connectivity index (χ1n) is 5.44. The van der Waals surface area contributed by atoms with Gasteiger partial charge in [-0.15, -0.1) is 0 Å². The lowest BCUT2D eigenvalue weighted by molar-refractivity contribution is -0.141. The van der Waals surface area contributed by atoms with Gasteiger partial charge in [-0.3, -0.25) is 0 Å². The largest absolute Gasteiger partial charge is 0.467 e. The first-order valence-corrected chi connectivity index (χ1v) is 5.44. The molecule has 2 heterocycles. The number of nitrogens with two attached hydrogens (primary N) is 1. The zero-order valence-electron chi connectivity index (χ0n) is 10.1. The molecule has 0 atom stereocenters. The lowest BCUT2D eigenvalue weighted by Gasteiger charge is -2.20. The Labute approximate surface area is 107 Å². The number of hydrogen-bond donors (Lipinski definition) is 1. The fraction of sp³-hybridized carbons (Fsp3) is 0.250. The molecule has 0 amide bonds. The Morgan fingerprint density at radius 1 is 1.42 bits per heavy atom. The Balaban J connectivity index is 2.28. The molecule has 2 rings (SSSR count). The average Bonchev–Trinajstić information content (AvgIpc) is 2.80. The topological polar surface area (TPSA) is 55.3 Å². The van der Waals surface area contributed by atoms with E-state index in [1.165, 1.54) is 6.26 Å². The van der Waals surface area contributed by atoms with Crippen LogP contribution in [0.2, 0.25) is 0 Å². The second-order valence-corrected chi connectivity index (χ2v) is 4.06. The van der Waals surface area contributed by atoms with Crippen molar-refractivity contribution in [2.24, 2.45) is 0 Å². The van der Waals surface area contributed by atoms with E-state index in [0.29, 0.717) is 12.3 Å². The fourth-order valence-corrected chi connectivity index (χ4v) is 1.66. The van der Waals surface area contributed by atoms with Gasteiger partial charge in [-0.1, -0.05) is 0 Å². The molecule has 0 saturated carbocycles. The van der Waals surface area contributed by atoms with Crippen molar-refractivity contribution < 1.29 is 17.6 Å². The van der Waals surface area contributed by atoms with E-state index in [9.17, 15) is 13.2 Å². The summed E-state index contributed by atoms with van der Waals surface area (Å²) in [5.41, 5.74) is 5.14. The van der Waals surface area contributed by atoms with E-state index in [1.54, 1.807) is 24.1 Å². The van der Waals surface area contributed by atoms with E-state index >= 15 is 0 Å². The molecule has 102 valence electrons. The predicted molar refractivity (Wildman–Crippen MR) is 64.5 cm³/mol. The highest BCUT2D eigenvalue weighted by atomic mass is 19.4. The molecule has 0 spiro atoms. The summed E-state index contributed by atoms with van der Waals surface area (Å²) in [6.45, 7) is 0.318. The number of rotatable bonds is 3. The molecule has 4 nitrogen and oxygen atoms in total. The Bertz CT molecular complexity index is 552. The molecule has 0 aromatic carbocycles. The van der Waals surface area contributed by atoms with Crippen LogP contribution in [-0.2, 0) is 12.7 Å². The van der Waals surface area contributed by atoms with Crippen molar-refractivity contribution in [1.82, 2.24) is 4.98 Å². The van der Waals surface area contributed by atoms with Gasteiger partial charge in [0, 0.05) is 7.05 Å². The van der Waals surface area contributed by atoms with Crippen molar-refractivity contribution in [3.8, 4) is 0 Å². The maximum atomic E-state index is 12.6. The molecule has 2 N–H and O–H groups in total. The maximum absolute atomic E-state index is 12.6. The number of furan rings is 1. The molecule has 19 heavy (non-hydrogen) atoms. The summed E-state index contributed by atoms with van der Waals surface area (Å²) < 4.78 is 42.9. The molecule has 0 aliphatic carbocycles. The molecule has 7 heteroatoms. The van der Waals surface area contributed by atoms with Gasteiger partial charge in [0.1, 0.15) is 11.5 Å². The Hall–Kier alpha value is -2.18. The van der Waals surface area contributed by atoms with E-state index in [-0.39, 0.29) is 11.4 Å². The molecule has 0 bridgehead atoms. The second kappa shape index (κ2) is 4.83. The molecular weight excluding hydrogens is 259 g/mol. The summed E-state index contributed by atoms with van der Waals surface area (Å²) in [6, 6.07) is 4.37. The number of nitrogens with zero attached hydrogens (tertiary/aromatic N) is 2. The van der Waals surface area contributed by atoms with E-state index in [4.69, 9.17) is 10.2 Å². The minimum Gasteiger partial charge on any atom is -0.467 e. The Morgan fingerprint density at radius 2 is 2.16 bits per heavy atom. The smallest absolute Gasteiger partial charge is 0.433 e. The molecule has 0 aliphatic heterocycles. The minimum absolute atomic E-state index is 0.182. The van der Waals surface area contributed by atoms with Crippen LogP contribution in [0.15, 0.2) is 35.1 Å². The number of alkyl halides is 3. The third-order valence-electron chi connectivity index (χ3n) is 2.59. The lowest BCUT2D eigenvalue weighted by Crippen LogP contribution is -2.19. The van der Waals surface area contributed by atoms with Gasteiger partial charge < -0.3 is 15.1 Å². The Kier molecular flexibility index (Phi) is 3.37. The lowest BCUT2D eigenvalue weighted by atomic mass is 10.2. The highest BCUT2D eigenvalue weighted by molar-refractivity contribution is 5.66. The number of aromatic nitrogens is 1. The van der Waals surface area contributed by atoms with Crippen LogP contribution in [0.3, 0.4) is 0 Å². The predicted octanol–water partition coefficient (Wildman–Crippen LogP) is 2.91. The van der Waals surface area contributed by atoms with E-state index < -0.39 is 11.9 Å². The van der Waals surface area contributed by atoms with Gasteiger partial charge >= 0.3 is 6.18 Å². The third-order valence-corrected chi connectivity index (χ3v) is 2.59. The number of hydrogen-bond acceptors (Lipinski definition) is 4. The summed E-state index contributed by atoms with van der Waals surface area (Å²) in [7, 11) is 1.63. The van der Waals surface area contributed by atoms with Gasteiger partial charge in [-0.2, -0.15) is 13.2 Å². The normalized spacial score (nSPS) is 11.6. The maximum Gasteiger partial charge on any atom is 0.433 e. The van der Waals surface area contributed by atoms with Gasteiger partial charge in [0.25, 0.3) is 0 Å².